The van der Waals surface area contributed by atoms with E-state index in [0.29, 0.717) is 26.2 Å². The molecule has 0 aliphatic carbocycles. The van der Waals surface area contributed by atoms with E-state index in [1.54, 1.807) is 34.1 Å². The normalized spacial score (nSPS) is 14.6. The minimum Gasteiger partial charge on any atom is -0.339 e. The van der Waals surface area contributed by atoms with Crippen LogP contribution in [-0.4, -0.2) is 47.8 Å². The molecule has 3 rings (SSSR count). The van der Waals surface area contributed by atoms with Crippen LogP contribution in [0.4, 0.5) is 4.39 Å². The summed E-state index contributed by atoms with van der Waals surface area (Å²) in [6, 6.07) is 13.7. The number of hydrogen-bond acceptors (Lipinski definition) is 2. The van der Waals surface area contributed by atoms with Crippen LogP contribution in [-0.2, 0) is 16.0 Å². The fourth-order valence-electron chi connectivity index (χ4n) is 2.94. The summed E-state index contributed by atoms with van der Waals surface area (Å²) in [4.78, 5) is 28.3. The number of benzene rings is 2. The first-order chi connectivity index (χ1) is 13.0. The van der Waals surface area contributed by atoms with Gasteiger partial charge in [0.15, 0.2) is 0 Å². The van der Waals surface area contributed by atoms with Crippen molar-refractivity contribution in [3.05, 3.63) is 76.0 Å². The van der Waals surface area contributed by atoms with Gasteiger partial charge in [-0.25, -0.2) is 4.39 Å². The van der Waals surface area contributed by atoms with Gasteiger partial charge in [0.25, 0.3) is 0 Å². The van der Waals surface area contributed by atoms with Crippen molar-refractivity contribution >= 4 is 33.8 Å². The second kappa shape index (κ2) is 8.95. The molecule has 1 saturated heterocycles. The lowest BCUT2D eigenvalue weighted by molar-refractivity contribution is -0.136. The van der Waals surface area contributed by atoms with Crippen LogP contribution in [0.15, 0.2) is 59.1 Å². The molecular weight excluding hydrogens is 411 g/mol. The highest BCUT2D eigenvalue weighted by atomic mass is 79.9. The number of carbonyl (C=O) groups is 2. The van der Waals surface area contributed by atoms with Gasteiger partial charge in [-0.05, 0) is 35.4 Å². The van der Waals surface area contributed by atoms with Crippen molar-refractivity contribution in [3.8, 4) is 0 Å². The minimum absolute atomic E-state index is 0.00235. The average molecular weight is 431 g/mol. The van der Waals surface area contributed by atoms with Crippen LogP contribution < -0.4 is 0 Å². The Kier molecular flexibility index (Phi) is 6.40. The molecule has 1 aliphatic rings. The van der Waals surface area contributed by atoms with E-state index in [-0.39, 0.29) is 24.1 Å². The molecule has 0 radical (unpaired) electrons. The molecule has 2 aromatic carbocycles. The van der Waals surface area contributed by atoms with Gasteiger partial charge in [-0.3, -0.25) is 9.59 Å². The van der Waals surface area contributed by atoms with E-state index >= 15 is 0 Å². The Morgan fingerprint density at radius 2 is 1.59 bits per heavy atom. The number of piperazine rings is 1. The fraction of sp³-hybridized carbons (Fsp3) is 0.238. The first-order valence-corrected chi connectivity index (χ1v) is 9.56. The molecule has 2 aromatic rings. The largest absolute Gasteiger partial charge is 0.339 e. The number of nitrogens with zero attached hydrogens (tertiary/aromatic N) is 2. The van der Waals surface area contributed by atoms with Crippen LogP contribution in [0.2, 0.25) is 0 Å². The van der Waals surface area contributed by atoms with Crippen molar-refractivity contribution in [2.45, 2.75) is 6.42 Å². The van der Waals surface area contributed by atoms with Crippen LogP contribution in [0.3, 0.4) is 0 Å². The van der Waals surface area contributed by atoms with Gasteiger partial charge in [-0.1, -0.05) is 46.3 Å². The minimum atomic E-state index is -0.311. The van der Waals surface area contributed by atoms with E-state index < -0.39 is 0 Å². The van der Waals surface area contributed by atoms with Crippen LogP contribution in [0.5, 0.6) is 0 Å². The molecule has 0 unspecified atom stereocenters. The topological polar surface area (TPSA) is 40.6 Å². The Hall–Kier alpha value is -2.47. The SMILES string of the molecule is O=C(/C=C/c1ccccc1Br)N1CCN(C(=O)Cc2ccc(F)cc2)CC1. The predicted octanol–water partition coefficient (Wildman–Crippen LogP) is 3.51. The van der Waals surface area contributed by atoms with Gasteiger partial charge in [-0.2, -0.15) is 0 Å². The van der Waals surface area contributed by atoms with Gasteiger partial charge in [-0.15, -0.1) is 0 Å². The standard InChI is InChI=1S/C21H20BrFN2O2/c22-19-4-2-1-3-17(19)7-10-20(26)24-11-13-25(14-12-24)21(27)15-16-5-8-18(23)9-6-16/h1-10H,11-15H2/b10-7+. The van der Waals surface area contributed by atoms with E-state index in [4.69, 9.17) is 0 Å². The Balaban J connectivity index is 1.50. The second-order valence-corrected chi connectivity index (χ2v) is 7.22. The fourth-order valence-corrected chi connectivity index (χ4v) is 3.36. The number of rotatable bonds is 4. The first-order valence-electron chi connectivity index (χ1n) is 8.76. The average Bonchev–Trinajstić information content (AvgIpc) is 2.69. The molecule has 1 heterocycles. The molecule has 0 bridgehead atoms. The van der Waals surface area contributed by atoms with Crippen molar-refractivity contribution in [3.63, 3.8) is 0 Å². The maximum Gasteiger partial charge on any atom is 0.246 e. The summed E-state index contributed by atoms with van der Waals surface area (Å²) < 4.78 is 13.9. The van der Waals surface area contributed by atoms with E-state index in [1.807, 2.05) is 24.3 Å². The Labute approximate surface area is 166 Å². The van der Waals surface area contributed by atoms with Crippen LogP contribution in [0, 0.1) is 5.82 Å². The zero-order valence-corrected chi connectivity index (χ0v) is 16.4. The van der Waals surface area contributed by atoms with Gasteiger partial charge < -0.3 is 9.80 Å². The summed E-state index contributed by atoms with van der Waals surface area (Å²) in [5, 5.41) is 0. The zero-order chi connectivity index (χ0) is 19.2. The Bertz CT molecular complexity index is 844. The van der Waals surface area contributed by atoms with Gasteiger partial charge in [0.1, 0.15) is 5.82 Å². The lowest BCUT2D eigenvalue weighted by Crippen LogP contribution is -2.50. The molecule has 6 heteroatoms. The maximum absolute atomic E-state index is 12.9. The third-order valence-corrected chi connectivity index (χ3v) is 5.25. The van der Waals surface area contributed by atoms with Crippen LogP contribution in [0.1, 0.15) is 11.1 Å². The molecule has 27 heavy (non-hydrogen) atoms. The van der Waals surface area contributed by atoms with E-state index in [9.17, 15) is 14.0 Å². The molecule has 2 amide bonds. The van der Waals surface area contributed by atoms with Gasteiger partial charge >= 0.3 is 0 Å². The quantitative estimate of drug-likeness (QED) is 0.696. The highest BCUT2D eigenvalue weighted by Crippen LogP contribution is 2.17. The molecule has 0 aromatic heterocycles. The van der Waals surface area contributed by atoms with Gasteiger partial charge in [0, 0.05) is 36.7 Å². The number of carbonyl (C=O) groups excluding carboxylic acids is 2. The number of hydrogen-bond donors (Lipinski definition) is 0. The Morgan fingerprint density at radius 3 is 2.26 bits per heavy atom. The maximum atomic E-state index is 12.9. The smallest absolute Gasteiger partial charge is 0.246 e. The summed E-state index contributed by atoms with van der Waals surface area (Å²) in [5.74, 6) is -0.372. The summed E-state index contributed by atoms with van der Waals surface area (Å²) in [6.45, 7) is 2.03. The molecule has 0 atom stereocenters. The molecular formula is C21H20BrFN2O2. The van der Waals surface area contributed by atoms with Crippen molar-refractivity contribution < 1.29 is 14.0 Å². The molecule has 1 fully saturated rings. The van der Waals surface area contributed by atoms with E-state index in [0.717, 1.165) is 15.6 Å². The highest BCUT2D eigenvalue weighted by molar-refractivity contribution is 9.10. The zero-order valence-electron chi connectivity index (χ0n) is 14.8. The molecule has 0 saturated carbocycles. The predicted molar refractivity (Wildman–Crippen MR) is 106 cm³/mol. The van der Waals surface area contributed by atoms with Gasteiger partial charge in [0.2, 0.25) is 11.8 Å². The summed E-state index contributed by atoms with van der Waals surface area (Å²) in [5.41, 5.74) is 1.73. The number of halogens is 2. The van der Waals surface area contributed by atoms with Crippen molar-refractivity contribution in [1.82, 2.24) is 9.80 Å². The van der Waals surface area contributed by atoms with Crippen molar-refractivity contribution in [2.75, 3.05) is 26.2 Å². The third kappa shape index (κ3) is 5.26. The third-order valence-electron chi connectivity index (χ3n) is 4.52. The molecule has 1 aliphatic heterocycles. The molecule has 0 N–H and O–H groups in total. The Morgan fingerprint density at radius 1 is 0.963 bits per heavy atom. The second-order valence-electron chi connectivity index (χ2n) is 6.36. The van der Waals surface area contributed by atoms with Crippen LogP contribution >= 0.6 is 15.9 Å². The van der Waals surface area contributed by atoms with Crippen molar-refractivity contribution in [1.29, 1.82) is 0 Å². The molecule has 140 valence electrons. The summed E-state index contributed by atoms with van der Waals surface area (Å²) >= 11 is 3.46. The summed E-state index contributed by atoms with van der Waals surface area (Å²) in [7, 11) is 0. The lowest BCUT2D eigenvalue weighted by atomic mass is 10.1. The van der Waals surface area contributed by atoms with Crippen LogP contribution in [0.25, 0.3) is 6.08 Å². The van der Waals surface area contributed by atoms with Gasteiger partial charge in [0.05, 0.1) is 6.42 Å². The monoisotopic (exact) mass is 430 g/mol. The highest BCUT2D eigenvalue weighted by Gasteiger charge is 2.23. The van der Waals surface area contributed by atoms with Crippen molar-refractivity contribution in [2.24, 2.45) is 0 Å². The summed E-state index contributed by atoms with van der Waals surface area (Å²) in [6.07, 6.45) is 3.60. The first kappa shape index (κ1) is 19.3. The lowest BCUT2D eigenvalue weighted by Gasteiger charge is -2.34. The number of amides is 2. The van der Waals surface area contributed by atoms with E-state index in [1.165, 1.54) is 12.1 Å². The molecule has 4 nitrogen and oxygen atoms in total. The molecule has 0 spiro atoms. The van der Waals surface area contributed by atoms with E-state index in [2.05, 4.69) is 15.9 Å².